The average molecular weight is 194 g/mol. The summed E-state index contributed by atoms with van der Waals surface area (Å²) in [6.07, 6.45) is 3.09. The number of rotatable bonds is 2. The molecule has 0 spiro atoms. The van der Waals surface area contributed by atoms with Crippen LogP contribution in [0.25, 0.3) is 0 Å². The van der Waals surface area contributed by atoms with Gasteiger partial charge < -0.3 is 5.11 Å². The monoisotopic (exact) mass is 194 g/mol. The van der Waals surface area contributed by atoms with Gasteiger partial charge in [0.1, 0.15) is 5.82 Å². The number of hydrogen-bond donors (Lipinski definition) is 1. The van der Waals surface area contributed by atoms with Crippen molar-refractivity contribution in [1.82, 2.24) is 0 Å². The van der Waals surface area contributed by atoms with Crippen molar-refractivity contribution in [2.24, 2.45) is 0 Å². The Kier molecular flexibility index (Phi) is 2.31. The van der Waals surface area contributed by atoms with Gasteiger partial charge in [-0.3, -0.25) is 0 Å². The summed E-state index contributed by atoms with van der Waals surface area (Å²) in [5.74, 6) is -0.165. The van der Waals surface area contributed by atoms with Crippen LogP contribution in [0.2, 0.25) is 0 Å². The predicted molar refractivity (Wildman–Crippen MR) is 53.8 cm³/mol. The van der Waals surface area contributed by atoms with Gasteiger partial charge in [0, 0.05) is 5.41 Å². The van der Waals surface area contributed by atoms with Crippen LogP contribution in [0.4, 0.5) is 4.39 Å². The number of halogens is 1. The molecule has 76 valence electrons. The van der Waals surface area contributed by atoms with E-state index in [9.17, 15) is 9.50 Å². The van der Waals surface area contributed by atoms with Crippen LogP contribution < -0.4 is 0 Å². The second-order valence-corrected chi connectivity index (χ2v) is 4.26. The van der Waals surface area contributed by atoms with Crippen molar-refractivity contribution >= 4 is 0 Å². The SMILES string of the molecule is Cc1ccc(C2(CO)CCC2)cc1F. The lowest BCUT2D eigenvalue weighted by molar-refractivity contribution is 0.120. The Morgan fingerprint density at radius 3 is 2.57 bits per heavy atom. The molecule has 0 saturated heterocycles. The quantitative estimate of drug-likeness (QED) is 0.767. The first-order valence-electron chi connectivity index (χ1n) is 5.05. The minimum Gasteiger partial charge on any atom is -0.395 e. The van der Waals surface area contributed by atoms with Crippen LogP contribution in [0, 0.1) is 12.7 Å². The van der Waals surface area contributed by atoms with Gasteiger partial charge in [-0.15, -0.1) is 0 Å². The lowest BCUT2D eigenvalue weighted by atomic mass is 9.65. The lowest BCUT2D eigenvalue weighted by Crippen LogP contribution is -2.37. The maximum Gasteiger partial charge on any atom is 0.126 e. The summed E-state index contributed by atoms with van der Waals surface area (Å²) in [6.45, 7) is 1.89. The number of aryl methyl sites for hydroxylation is 1. The van der Waals surface area contributed by atoms with Gasteiger partial charge in [0.05, 0.1) is 6.61 Å². The molecule has 0 radical (unpaired) electrons. The molecular weight excluding hydrogens is 179 g/mol. The topological polar surface area (TPSA) is 20.2 Å². The lowest BCUT2D eigenvalue weighted by Gasteiger charge is -2.40. The number of benzene rings is 1. The Hall–Kier alpha value is -0.890. The fourth-order valence-corrected chi connectivity index (χ4v) is 2.06. The summed E-state index contributed by atoms with van der Waals surface area (Å²) in [5, 5.41) is 9.33. The van der Waals surface area contributed by atoms with E-state index in [-0.39, 0.29) is 17.8 Å². The highest BCUT2D eigenvalue weighted by molar-refractivity contribution is 5.31. The molecule has 1 fully saturated rings. The summed E-state index contributed by atoms with van der Waals surface area (Å²) >= 11 is 0. The van der Waals surface area contributed by atoms with Crippen LogP contribution in [0.3, 0.4) is 0 Å². The Bertz CT molecular complexity index is 337. The minimum atomic E-state index is -0.165. The second-order valence-electron chi connectivity index (χ2n) is 4.26. The van der Waals surface area contributed by atoms with Gasteiger partial charge >= 0.3 is 0 Å². The van der Waals surface area contributed by atoms with Crippen LogP contribution >= 0.6 is 0 Å². The molecular formula is C12H15FO. The summed E-state index contributed by atoms with van der Waals surface area (Å²) in [6, 6.07) is 5.30. The number of aliphatic hydroxyl groups excluding tert-OH is 1. The largest absolute Gasteiger partial charge is 0.395 e. The first kappa shape index (κ1) is 9.66. The van der Waals surface area contributed by atoms with E-state index in [2.05, 4.69) is 0 Å². The molecule has 0 aromatic heterocycles. The van der Waals surface area contributed by atoms with Gasteiger partial charge in [0.2, 0.25) is 0 Å². The van der Waals surface area contributed by atoms with Crippen LogP contribution in [-0.4, -0.2) is 11.7 Å². The fourth-order valence-electron chi connectivity index (χ4n) is 2.06. The maximum atomic E-state index is 13.3. The first-order valence-corrected chi connectivity index (χ1v) is 5.05. The molecule has 0 heterocycles. The molecule has 1 aromatic carbocycles. The van der Waals surface area contributed by atoms with E-state index in [1.54, 1.807) is 19.1 Å². The first-order chi connectivity index (χ1) is 6.68. The molecule has 1 aromatic rings. The van der Waals surface area contributed by atoms with Crippen LogP contribution in [0.15, 0.2) is 18.2 Å². The predicted octanol–water partition coefficient (Wildman–Crippen LogP) is 2.55. The molecule has 1 N–H and O–H groups in total. The summed E-state index contributed by atoms with van der Waals surface area (Å²) in [4.78, 5) is 0. The third-order valence-corrected chi connectivity index (χ3v) is 3.40. The Labute approximate surface area is 83.6 Å². The van der Waals surface area contributed by atoms with Crippen LogP contribution in [-0.2, 0) is 5.41 Å². The third kappa shape index (κ3) is 1.34. The van der Waals surface area contributed by atoms with Crippen molar-refractivity contribution in [1.29, 1.82) is 0 Å². The zero-order chi connectivity index (χ0) is 10.2. The van der Waals surface area contributed by atoms with E-state index in [0.717, 1.165) is 24.8 Å². The summed E-state index contributed by atoms with van der Waals surface area (Å²) in [7, 11) is 0. The van der Waals surface area contributed by atoms with Gasteiger partial charge in [0.15, 0.2) is 0 Å². The summed E-state index contributed by atoms with van der Waals surface area (Å²) < 4.78 is 13.3. The normalized spacial score (nSPS) is 19.1. The smallest absolute Gasteiger partial charge is 0.126 e. The Morgan fingerprint density at radius 2 is 2.14 bits per heavy atom. The average Bonchev–Trinajstić information content (AvgIpc) is 2.10. The third-order valence-electron chi connectivity index (χ3n) is 3.40. The van der Waals surface area contributed by atoms with Gasteiger partial charge in [-0.1, -0.05) is 18.6 Å². The zero-order valence-electron chi connectivity index (χ0n) is 8.39. The van der Waals surface area contributed by atoms with E-state index in [1.165, 1.54) is 0 Å². The number of hydrogen-bond acceptors (Lipinski definition) is 1. The van der Waals surface area contributed by atoms with Crippen molar-refractivity contribution < 1.29 is 9.50 Å². The van der Waals surface area contributed by atoms with E-state index >= 15 is 0 Å². The molecule has 1 aliphatic carbocycles. The standard InChI is InChI=1S/C12H15FO/c1-9-3-4-10(7-11(9)13)12(8-14)5-2-6-12/h3-4,7,14H,2,5-6,8H2,1H3. The fraction of sp³-hybridized carbons (Fsp3) is 0.500. The highest BCUT2D eigenvalue weighted by Crippen LogP contribution is 2.43. The van der Waals surface area contributed by atoms with Crippen molar-refractivity contribution in [3.63, 3.8) is 0 Å². The molecule has 14 heavy (non-hydrogen) atoms. The molecule has 2 heteroatoms. The van der Waals surface area contributed by atoms with Gasteiger partial charge in [-0.2, -0.15) is 0 Å². The van der Waals surface area contributed by atoms with Gasteiger partial charge in [0.25, 0.3) is 0 Å². The molecule has 0 aliphatic heterocycles. The number of aliphatic hydroxyl groups is 1. The van der Waals surface area contributed by atoms with Gasteiger partial charge in [-0.05, 0) is 37.0 Å². The van der Waals surface area contributed by atoms with E-state index in [4.69, 9.17) is 0 Å². The Morgan fingerprint density at radius 1 is 1.43 bits per heavy atom. The van der Waals surface area contributed by atoms with Crippen LogP contribution in [0.5, 0.6) is 0 Å². The molecule has 1 saturated carbocycles. The maximum absolute atomic E-state index is 13.3. The van der Waals surface area contributed by atoms with Crippen molar-refractivity contribution in [3.05, 3.63) is 35.1 Å². The minimum absolute atomic E-state index is 0.134. The Balaban J connectivity index is 2.36. The van der Waals surface area contributed by atoms with Crippen LogP contribution in [0.1, 0.15) is 30.4 Å². The van der Waals surface area contributed by atoms with Crippen molar-refractivity contribution in [2.75, 3.05) is 6.61 Å². The van der Waals surface area contributed by atoms with Crippen molar-refractivity contribution in [3.8, 4) is 0 Å². The molecule has 1 aliphatic rings. The molecule has 0 unspecified atom stereocenters. The zero-order valence-corrected chi connectivity index (χ0v) is 8.39. The molecule has 0 bridgehead atoms. The molecule has 0 atom stereocenters. The summed E-state index contributed by atoms with van der Waals surface area (Å²) in [5.41, 5.74) is 1.48. The van der Waals surface area contributed by atoms with Gasteiger partial charge in [-0.25, -0.2) is 4.39 Å². The second kappa shape index (κ2) is 3.35. The van der Waals surface area contributed by atoms with E-state index in [0.29, 0.717) is 5.56 Å². The molecule has 1 nitrogen and oxygen atoms in total. The highest BCUT2D eigenvalue weighted by atomic mass is 19.1. The highest BCUT2D eigenvalue weighted by Gasteiger charge is 2.38. The van der Waals surface area contributed by atoms with E-state index in [1.807, 2.05) is 6.07 Å². The van der Waals surface area contributed by atoms with Crippen molar-refractivity contribution in [2.45, 2.75) is 31.6 Å². The van der Waals surface area contributed by atoms with E-state index < -0.39 is 0 Å². The molecule has 0 amide bonds. The molecule has 2 rings (SSSR count).